The number of thiophene rings is 1. The molecule has 3 rings (SSSR count). The second-order valence-electron chi connectivity index (χ2n) is 6.50. The molecule has 0 amide bonds. The number of aliphatic imine (C=N–C) groups is 1. The zero-order valence-electron chi connectivity index (χ0n) is 16.0. The predicted octanol–water partition coefficient (Wildman–Crippen LogP) is 2.42. The number of anilines is 1. The molecule has 1 fully saturated rings. The van der Waals surface area contributed by atoms with Gasteiger partial charge in [0.1, 0.15) is 5.82 Å². The van der Waals surface area contributed by atoms with Crippen LogP contribution in [0, 0.1) is 0 Å². The molecular formula is C19H29IN6S. The number of piperazine rings is 1. The summed E-state index contributed by atoms with van der Waals surface area (Å²) in [6.07, 6.45) is 2.97. The van der Waals surface area contributed by atoms with Crippen molar-refractivity contribution in [2.75, 3.05) is 51.7 Å². The normalized spacial score (nSPS) is 15.3. The summed E-state index contributed by atoms with van der Waals surface area (Å²) in [6.45, 7) is 5.87. The summed E-state index contributed by atoms with van der Waals surface area (Å²) in [6, 6.07) is 8.52. The van der Waals surface area contributed by atoms with Gasteiger partial charge in [-0.3, -0.25) is 4.99 Å². The first-order chi connectivity index (χ1) is 12.7. The Morgan fingerprint density at radius 1 is 1.19 bits per heavy atom. The van der Waals surface area contributed by atoms with Crippen LogP contribution in [0.25, 0.3) is 0 Å². The molecule has 27 heavy (non-hydrogen) atoms. The van der Waals surface area contributed by atoms with Crippen LogP contribution < -0.4 is 15.5 Å². The van der Waals surface area contributed by atoms with Gasteiger partial charge in [-0.2, -0.15) is 0 Å². The number of halogens is 1. The summed E-state index contributed by atoms with van der Waals surface area (Å²) < 4.78 is 0. The Kier molecular flexibility index (Phi) is 9.29. The molecule has 148 valence electrons. The van der Waals surface area contributed by atoms with Crippen LogP contribution in [0.2, 0.25) is 0 Å². The average Bonchev–Trinajstić information content (AvgIpc) is 3.19. The Hall–Kier alpha value is -1.39. The lowest BCUT2D eigenvalue weighted by atomic mass is 10.2. The van der Waals surface area contributed by atoms with E-state index in [2.05, 4.69) is 67.1 Å². The van der Waals surface area contributed by atoms with E-state index < -0.39 is 0 Å². The molecule has 0 aromatic carbocycles. The lowest BCUT2D eigenvalue weighted by Crippen LogP contribution is -2.44. The number of nitrogens with one attached hydrogen (secondary N) is 2. The summed E-state index contributed by atoms with van der Waals surface area (Å²) in [7, 11) is 3.97. The number of likely N-dealkylation sites (N-methyl/N-ethyl adjacent to an activating group) is 1. The van der Waals surface area contributed by atoms with Crippen molar-refractivity contribution in [3.63, 3.8) is 0 Å². The van der Waals surface area contributed by atoms with E-state index in [1.165, 1.54) is 4.88 Å². The number of rotatable bonds is 6. The van der Waals surface area contributed by atoms with Gasteiger partial charge in [0.25, 0.3) is 0 Å². The van der Waals surface area contributed by atoms with Gasteiger partial charge in [-0.25, -0.2) is 4.98 Å². The zero-order chi connectivity index (χ0) is 18.2. The molecule has 2 N–H and O–H groups in total. The van der Waals surface area contributed by atoms with E-state index in [-0.39, 0.29) is 24.0 Å². The molecule has 1 aliphatic rings. The van der Waals surface area contributed by atoms with Crippen molar-refractivity contribution in [3.8, 4) is 0 Å². The van der Waals surface area contributed by atoms with E-state index in [0.717, 1.165) is 56.5 Å². The predicted molar refractivity (Wildman–Crippen MR) is 126 cm³/mol. The molecule has 0 saturated carbocycles. The third kappa shape index (κ3) is 6.93. The first-order valence-corrected chi connectivity index (χ1v) is 9.98. The molecule has 0 bridgehead atoms. The maximum absolute atomic E-state index is 4.64. The highest BCUT2D eigenvalue weighted by molar-refractivity contribution is 14.0. The van der Waals surface area contributed by atoms with E-state index in [0.29, 0.717) is 6.54 Å². The van der Waals surface area contributed by atoms with Crippen molar-refractivity contribution in [1.29, 1.82) is 0 Å². The minimum absolute atomic E-state index is 0. The van der Waals surface area contributed by atoms with Gasteiger partial charge in [0.05, 0.1) is 0 Å². The zero-order valence-corrected chi connectivity index (χ0v) is 19.2. The summed E-state index contributed by atoms with van der Waals surface area (Å²) in [5.74, 6) is 1.89. The van der Waals surface area contributed by atoms with Gasteiger partial charge in [0.15, 0.2) is 5.96 Å². The molecule has 2 aromatic rings. The van der Waals surface area contributed by atoms with Gasteiger partial charge >= 0.3 is 0 Å². The van der Waals surface area contributed by atoms with Gasteiger partial charge in [-0.15, -0.1) is 35.3 Å². The maximum Gasteiger partial charge on any atom is 0.191 e. The molecule has 0 spiro atoms. The first kappa shape index (κ1) is 21.9. The van der Waals surface area contributed by atoms with Gasteiger partial charge in [-0.05, 0) is 36.5 Å². The van der Waals surface area contributed by atoms with Crippen molar-refractivity contribution in [2.24, 2.45) is 4.99 Å². The molecule has 8 heteroatoms. The van der Waals surface area contributed by atoms with Crippen molar-refractivity contribution in [3.05, 3.63) is 46.3 Å². The highest BCUT2D eigenvalue weighted by Gasteiger charge is 2.14. The van der Waals surface area contributed by atoms with E-state index in [1.807, 2.05) is 6.20 Å². The fraction of sp³-hybridized carbons (Fsp3) is 0.474. The van der Waals surface area contributed by atoms with Crippen LogP contribution in [-0.4, -0.2) is 62.7 Å². The topological polar surface area (TPSA) is 55.8 Å². The van der Waals surface area contributed by atoms with Crippen molar-refractivity contribution in [1.82, 2.24) is 20.5 Å². The lowest BCUT2D eigenvalue weighted by Gasteiger charge is -2.33. The Morgan fingerprint density at radius 2 is 2.00 bits per heavy atom. The Labute approximate surface area is 183 Å². The number of hydrogen-bond acceptors (Lipinski definition) is 5. The van der Waals surface area contributed by atoms with Crippen LogP contribution >= 0.6 is 35.3 Å². The number of hydrogen-bond donors (Lipinski definition) is 2. The van der Waals surface area contributed by atoms with E-state index in [9.17, 15) is 0 Å². The third-order valence-corrected chi connectivity index (χ3v) is 5.50. The van der Waals surface area contributed by atoms with E-state index >= 15 is 0 Å². The number of pyridine rings is 1. The van der Waals surface area contributed by atoms with Crippen LogP contribution in [0.15, 0.2) is 40.8 Å². The van der Waals surface area contributed by atoms with Crippen LogP contribution in [0.5, 0.6) is 0 Å². The van der Waals surface area contributed by atoms with Gasteiger partial charge in [0, 0.05) is 57.4 Å². The molecule has 0 aliphatic carbocycles. The van der Waals surface area contributed by atoms with Gasteiger partial charge < -0.3 is 20.4 Å². The van der Waals surface area contributed by atoms with Gasteiger partial charge in [-0.1, -0.05) is 12.1 Å². The first-order valence-electron chi connectivity index (χ1n) is 9.10. The highest BCUT2D eigenvalue weighted by Crippen LogP contribution is 2.13. The fourth-order valence-electron chi connectivity index (χ4n) is 2.91. The number of guanidine groups is 1. The molecule has 0 radical (unpaired) electrons. The van der Waals surface area contributed by atoms with Crippen molar-refractivity contribution >= 4 is 47.1 Å². The Balaban J connectivity index is 0.00000261. The smallest absolute Gasteiger partial charge is 0.191 e. The minimum Gasteiger partial charge on any atom is -0.356 e. The molecule has 1 aliphatic heterocycles. The second-order valence-corrected chi connectivity index (χ2v) is 7.53. The second kappa shape index (κ2) is 11.5. The number of aromatic nitrogens is 1. The molecule has 3 heterocycles. The monoisotopic (exact) mass is 500 g/mol. The van der Waals surface area contributed by atoms with Crippen LogP contribution in [0.4, 0.5) is 5.82 Å². The summed E-state index contributed by atoms with van der Waals surface area (Å²) >= 11 is 1.79. The molecule has 2 aromatic heterocycles. The summed E-state index contributed by atoms with van der Waals surface area (Å²) in [5.41, 5.74) is 1.16. The molecule has 0 atom stereocenters. The SMILES string of the molecule is CN=C(NCCc1cccs1)NCc1ccc(N2CCN(C)CC2)nc1.I. The number of nitrogens with zero attached hydrogens (tertiary/aromatic N) is 4. The Morgan fingerprint density at radius 3 is 2.63 bits per heavy atom. The van der Waals surface area contributed by atoms with Crippen molar-refractivity contribution < 1.29 is 0 Å². The lowest BCUT2D eigenvalue weighted by molar-refractivity contribution is 0.312. The highest BCUT2D eigenvalue weighted by atomic mass is 127. The maximum atomic E-state index is 4.64. The molecule has 6 nitrogen and oxygen atoms in total. The Bertz CT molecular complexity index is 681. The minimum atomic E-state index is 0. The van der Waals surface area contributed by atoms with Gasteiger partial charge in [0.2, 0.25) is 0 Å². The molecule has 1 saturated heterocycles. The van der Waals surface area contributed by atoms with Crippen LogP contribution in [0.3, 0.4) is 0 Å². The van der Waals surface area contributed by atoms with Crippen LogP contribution in [0.1, 0.15) is 10.4 Å². The molecular weight excluding hydrogens is 471 g/mol. The average molecular weight is 500 g/mol. The standard InChI is InChI=1S/C19H28N6S.HI/c1-20-19(21-8-7-17-4-3-13-26-17)23-15-16-5-6-18(22-14-16)25-11-9-24(2)10-12-25;/h3-6,13-14H,7-12,15H2,1-2H3,(H2,20,21,23);1H. The fourth-order valence-corrected chi connectivity index (χ4v) is 3.62. The quantitative estimate of drug-likeness (QED) is 0.363. The van der Waals surface area contributed by atoms with Crippen molar-refractivity contribution in [2.45, 2.75) is 13.0 Å². The largest absolute Gasteiger partial charge is 0.356 e. The summed E-state index contributed by atoms with van der Waals surface area (Å²) in [4.78, 5) is 15.0. The summed E-state index contributed by atoms with van der Waals surface area (Å²) in [5, 5.41) is 8.82. The third-order valence-electron chi connectivity index (χ3n) is 4.56. The van der Waals surface area contributed by atoms with Crippen LogP contribution in [-0.2, 0) is 13.0 Å². The van der Waals surface area contributed by atoms with E-state index in [4.69, 9.17) is 0 Å². The van der Waals surface area contributed by atoms with E-state index in [1.54, 1.807) is 18.4 Å². The molecule has 0 unspecified atom stereocenters.